The summed E-state index contributed by atoms with van der Waals surface area (Å²) in [6.07, 6.45) is 0.446. The van der Waals surface area contributed by atoms with Gasteiger partial charge in [-0.2, -0.15) is 4.72 Å². The lowest BCUT2D eigenvalue weighted by Crippen LogP contribution is -2.52. The number of nitrogens with one attached hydrogen (secondary N) is 1. The Hall–Kier alpha value is -1.54. The molecule has 0 amide bonds. The number of benzene rings is 1. The van der Waals surface area contributed by atoms with Gasteiger partial charge >= 0.3 is 5.97 Å². The summed E-state index contributed by atoms with van der Waals surface area (Å²) in [5, 5.41) is 9.11. The van der Waals surface area contributed by atoms with E-state index < -0.39 is 38.1 Å². The zero-order valence-corrected chi connectivity index (χ0v) is 11.8. The minimum Gasteiger partial charge on any atom is -0.480 e. The molecule has 0 fully saturated rings. The third-order valence-electron chi connectivity index (χ3n) is 2.77. The zero-order chi connectivity index (χ0) is 15.6. The molecule has 1 atom stereocenters. The Morgan fingerprint density at radius 3 is 2.45 bits per heavy atom. The highest BCUT2D eigenvalue weighted by atomic mass is 32.2. The first-order valence-electron chi connectivity index (χ1n) is 5.85. The summed E-state index contributed by atoms with van der Waals surface area (Å²) in [5.74, 6) is -3.57. The largest absolute Gasteiger partial charge is 0.480 e. The molecule has 20 heavy (non-hydrogen) atoms. The number of rotatable bonds is 6. The van der Waals surface area contributed by atoms with Crippen molar-refractivity contribution in [2.75, 3.05) is 0 Å². The van der Waals surface area contributed by atoms with Crippen LogP contribution in [0.15, 0.2) is 23.1 Å². The molecule has 0 aliphatic rings. The van der Waals surface area contributed by atoms with Crippen LogP contribution >= 0.6 is 0 Å². The van der Waals surface area contributed by atoms with Crippen LogP contribution in [-0.2, 0) is 14.8 Å². The highest BCUT2D eigenvalue weighted by molar-refractivity contribution is 7.89. The average molecular weight is 307 g/mol. The van der Waals surface area contributed by atoms with E-state index in [9.17, 15) is 22.0 Å². The molecule has 8 heteroatoms. The fourth-order valence-electron chi connectivity index (χ4n) is 1.75. The molecule has 1 unspecified atom stereocenters. The molecular weight excluding hydrogens is 292 g/mol. The molecule has 0 saturated heterocycles. The summed E-state index contributed by atoms with van der Waals surface area (Å²) in [6, 6.07) is 1.96. The Kier molecular flexibility index (Phi) is 4.82. The van der Waals surface area contributed by atoms with E-state index in [4.69, 9.17) is 5.11 Å². The summed E-state index contributed by atoms with van der Waals surface area (Å²) in [4.78, 5) is 10.4. The summed E-state index contributed by atoms with van der Waals surface area (Å²) in [5.41, 5.74) is -1.76. The van der Waals surface area contributed by atoms with Crippen LogP contribution in [0, 0.1) is 11.6 Å². The van der Waals surface area contributed by atoms with Gasteiger partial charge in [-0.05, 0) is 25.5 Å². The first-order valence-corrected chi connectivity index (χ1v) is 7.33. The molecule has 2 N–H and O–H groups in total. The van der Waals surface area contributed by atoms with Gasteiger partial charge in [0.25, 0.3) is 0 Å². The van der Waals surface area contributed by atoms with Crippen molar-refractivity contribution in [1.82, 2.24) is 4.72 Å². The number of carboxylic acids is 1. The van der Waals surface area contributed by atoms with Crippen molar-refractivity contribution in [2.45, 2.75) is 37.1 Å². The Balaban J connectivity index is 3.20. The van der Waals surface area contributed by atoms with E-state index in [2.05, 4.69) is 0 Å². The van der Waals surface area contributed by atoms with Crippen LogP contribution in [0.5, 0.6) is 0 Å². The number of carboxylic acid groups (broad SMARTS) is 1. The first kappa shape index (κ1) is 16.5. The highest BCUT2D eigenvalue weighted by Gasteiger charge is 2.37. The average Bonchev–Trinajstić information content (AvgIpc) is 2.27. The monoisotopic (exact) mass is 307 g/mol. The van der Waals surface area contributed by atoms with Crippen LogP contribution in [0.4, 0.5) is 8.78 Å². The fraction of sp³-hybridized carbons (Fsp3) is 0.417. The zero-order valence-electron chi connectivity index (χ0n) is 11.0. The van der Waals surface area contributed by atoms with Crippen molar-refractivity contribution in [1.29, 1.82) is 0 Å². The topological polar surface area (TPSA) is 83.5 Å². The van der Waals surface area contributed by atoms with Crippen molar-refractivity contribution in [3.63, 3.8) is 0 Å². The Morgan fingerprint density at radius 2 is 2.00 bits per heavy atom. The molecular formula is C12H15F2NO4S. The lowest BCUT2D eigenvalue weighted by atomic mass is 9.98. The maximum Gasteiger partial charge on any atom is 0.324 e. The predicted molar refractivity (Wildman–Crippen MR) is 67.6 cm³/mol. The molecule has 0 aliphatic heterocycles. The SMILES string of the molecule is CCCC(C)(NS(=O)(=O)c1ccc(F)cc1F)C(=O)O. The van der Waals surface area contributed by atoms with Crippen LogP contribution in [-0.4, -0.2) is 25.0 Å². The molecule has 1 aromatic rings. The second-order valence-corrected chi connectivity index (χ2v) is 6.22. The number of hydrogen-bond donors (Lipinski definition) is 2. The fourth-order valence-corrected chi connectivity index (χ4v) is 3.20. The van der Waals surface area contributed by atoms with Crippen molar-refractivity contribution < 1.29 is 27.1 Å². The molecule has 0 bridgehead atoms. The third kappa shape index (κ3) is 3.51. The van der Waals surface area contributed by atoms with Gasteiger partial charge in [-0.3, -0.25) is 4.79 Å². The van der Waals surface area contributed by atoms with Crippen LogP contribution in [0.1, 0.15) is 26.7 Å². The molecule has 5 nitrogen and oxygen atoms in total. The molecule has 0 spiro atoms. The number of aliphatic carboxylic acids is 1. The summed E-state index contributed by atoms with van der Waals surface area (Å²) in [6.45, 7) is 2.88. The minimum absolute atomic E-state index is 0.0321. The second-order valence-electron chi connectivity index (χ2n) is 4.57. The van der Waals surface area contributed by atoms with Crippen LogP contribution in [0.2, 0.25) is 0 Å². The lowest BCUT2D eigenvalue weighted by Gasteiger charge is -2.25. The van der Waals surface area contributed by atoms with Gasteiger partial charge in [-0.1, -0.05) is 13.3 Å². The van der Waals surface area contributed by atoms with Crippen molar-refractivity contribution in [3.8, 4) is 0 Å². The molecule has 0 aromatic heterocycles. The van der Waals surface area contributed by atoms with Gasteiger partial charge in [0.1, 0.15) is 22.1 Å². The molecule has 0 saturated carbocycles. The van der Waals surface area contributed by atoms with Crippen molar-refractivity contribution in [3.05, 3.63) is 29.8 Å². The van der Waals surface area contributed by atoms with Gasteiger partial charge in [-0.25, -0.2) is 17.2 Å². The molecule has 1 rings (SSSR count). The second kappa shape index (κ2) is 5.84. The number of halogens is 2. The molecule has 1 aromatic carbocycles. The van der Waals surface area contributed by atoms with Crippen molar-refractivity contribution >= 4 is 16.0 Å². The lowest BCUT2D eigenvalue weighted by molar-refractivity contribution is -0.143. The first-order chi connectivity index (χ1) is 9.12. The van der Waals surface area contributed by atoms with Gasteiger partial charge in [0.05, 0.1) is 0 Å². The van der Waals surface area contributed by atoms with E-state index in [1.54, 1.807) is 6.92 Å². The molecule has 0 heterocycles. The van der Waals surface area contributed by atoms with Gasteiger partial charge in [-0.15, -0.1) is 0 Å². The van der Waals surface area contributed by atoms with E-state index in [0.29, 0.717) is 12.5 Å². The third-order valence-corrected chi connectivity index (χ3v) is 4.39. The summed E-state index contributed by atoms with van der Waals surface area (Å²) < 4.78 is 52.3. The van der Waals surface area contributed by atoms with Crippen LogP contribution < -0.4 is 4.72 Å². The standard InChI is InChI=1S/C12H15F2NO4S/c1-3-6-12(2,11(16)17)15-20(18,19)10-5-4-8(13)7-9(10)14/h4-5,7,15H,3,6H2,1-2H3,(H,16,17). The van der Waals surface area contributed by atoms with E-state index in [-0.39, 0.29) is 6.42 Å². The van der Waals surface area contributed by atoms with Gasteiger partial charge in [0.2, 0.25) is 10.0 Å². The summed E-state index contributed by atoms with van der Waals surface area (Å²) in [7, 11) is -4.41. The molecule has 0 radical (unpaired) electrons. The van der Waals surface area contributed by atoms with E-state index in [1.807, 2.05) is 4.72 Å². The minimum atomic E-state index is -4.41. The maximum atomic E-state index is 13.5. The maximum absolute atomic E-state index is 13.5. The number of hydrogen-bond acceptors (Lipinski definition) is 3. The van der Waals surface area contributed by atoms with E-state index >= 15 is 0 Å². The smallest absolute Gasteiger partial charge is 0.324 e. The number of sulfonamides is 1. The Labute approximate surface area is 115 Å². The van der Waals surface area contributed by atoms with E-state index in [0.717, 1.165) is 12.1 Å². The highest BCUT2D eigenvalue weighted by Crippen LogP contribution is 2.20. The van der Waals surface area contributed by atoms with Gasteiger partial charge < -0.3 is 5.11 Å². The summed E-state index contributed by atoms with van der Waals surface area (Å²) >= 11 is 0. The Bertz CT molecular complexity index is 618. The van der Waals surface area contributed by atoms with Crippen LogP contribution in [0.25, 0.3) is 0 Å². The van der Waals surface area contributed by atoms with E-state index in [1.165, 1.54) is 6.92 Å². The number of carbonyl (C=O) groups is 1. The molecule has 112 valence electrons. The van der Waals surface area contributed by atoms with Crippen molar-refractivity contribution in [2.24, 2.45) is 0 Å². The Morgan fingerprint density at radius 1 is 1.40 bits per heavy atom. The molecule has 0 aliphatic carbocycles. The van der Waals surface area contributed by atoms with Gasteiger partial charge in [0, 0.05) is 6.07 Å². The quantitative estimate of drug-likeness (QED) is 0.840. The normalized spacial score (nSPS) is 14.8. The van der Waals surface area contributed by atoms with Gasteiger partial charge in [0.15, 0.2) is 0 Å². The van der Waals surface area contributed by atoms with Crippen LogP contribution in [0.3, 0.4) is 0 Å². The predicted octanol–water partition coefficient (Wildman–Crippen LogP) is 1.89.